The fourth-order valence-electron chi connectivity index (χ4n) is 1.48. The van der Waals surface area contributed by atoms with Crippen LogP contribution in [0.15, 0.2) is 18.2 Å². The van der Waals surface area contributed by atoms with Crippen molar-refractivity contribution < 1.29 is 8.78 Å². The van der Waals surface area contributed by atoms with Gasteiger partial charge >= 0.3 is 0 Å². The predicted molar refractivity (Wildman–Crippen MR) is 59.2 cm³/mol. The highest BCUT2D eigenvalue weighted by Crippen LogP contribution is 2.17. The number of benzene rings is 1. The zero-order valence-corrected chi connectivity index (χ0v) is 9.53. The van der Waals surface area contributed by atoms with Gasteiger partial charge in [-0.15, -0.1) is 11.6 Å². The van der Waals surface area contributed by atoms with Crippen LogP contribution in [0, 0.1) is 11.6 Å². The largest absolute Gasteiger partial charge is 0.207 e. The fraction of sp³-hybridized carbons (Fsp3) is 0.500. The first-order valence-electron chi connectivity index (χ1n) is 5.22. The minimum absolute atomic E-state index is 0.111. The maximum Gasteiger partial charge on any atom is 0.129 e. The molecule has 0 spiro atoms. The van der Waals surface area contributed by atoms with E-state index in [4.69, 9.17) is 11.6 Å². The number of halogens is 3. The molecule has 0 aliphatic rings. The molecule has 0 N–H and O–H groups in total. The lowest BCUT2D eigenvalue weighted by Gasteiger charge is -2.07. The van der Waals surface area contributed by atoms with E-state index in [1.807, 2.05) is 6.92 Å². The Bertz CT molecular complexity index is 292. The van der Waals surface area contributed by atoms with Gasteiger partial charge < -0.3 is 0 Å². The molecule has 15 heavy (non-hydrogen) atoms. The maximum absolute atomic E-state index is 13.2. The van der Waals surface area contributed by atoms with E-state index < -0.39 is 11.6 Å². The topological polar surface area (TPSA) is 0 Å². The zero-order valence-electron chi connectivity index (χ0n) is 8.77. The smallest absolute Gasteiger partial charge is 0.129 e. The van der Waals surface area contributed by atoms with Crippen LogP contribution in [0.5, 0.6) is 0 Å². The monoisotopic (exact) mass is 232 g/mol. The van der Waals surface area contributed by atoms with Gasteiger partial charge in [0.05, 0.1) is 0 Å². The predicted octanol–water partition coefficient (Wildman–Crippen LogP) is 4.30. The number of rotatable bonds is 5. The molecule has 0 radical (unpaired) electrons. The van der Waals surface area contributed by atoms with E-state index in [0.29, 0.717) is 6.42 Å². The molecule has 1 unspecified atom stereocenters. The Hall–Kier alpha value is -0.630. The van der Waals surface area contributed by atoms with Crippen molar-refractivity contribution in [3.8, 4) is 0 Å². The molecule has 0 amide bonds. The quantitative estimate of drug-likeness (QED) is 0.664. The molecule has 1 rings (SSSR count). The van der Waals surface area contributed by atoms with Gasteiger partial charge in [-0.1, -0.05) is 13.0 Å². The number of alkyl halides is 1. The standard InChI is InChI=1S/C12H15ClF2/c1-2-9(13)5-3-6-10-11(14)7-4-8-12(10)15/h4,7-9H,2-3,5-6H2,1H3. The van der Waals surface area contributed by atoms with Crippen LogP contribution >= 0.6 is 11.6 Å². The molecule has 0 fully saturated rings. The van der Waals surface area contributed by atoms with Crippen LogP contribution in [0.1, 0.15) is 31.7 Å². The van der Waals surface area contributed by atoms with E-state index in [2.05, 4.69) is 0 Å². The van der Waals surface area contributed by atoms with Gasteiger partial charge in [-0.05, 0) is 37.8 Å². The highest BCUT2D eigenvalue weighted by molar-refractivity contribution is 6.20. The highest BCUT2D eigenvalue weighted by Gasteiger charge is 2.08. The minimum atomic E-state index is -0.461. The second kappa shape index (κ2) is 6.06. The lowest BCUT2D eigenvalue weighted by Crippen LogP contribution is -2.00. The molecule has 3 heteroatoms. The van der Waals surface area contributed by atoms with Crippen molar-refractivity contribution in [2.75, 3.05) is 0 Å². The van der Waals surface area contributed by atoms with Crippen molar-refractivity contribution >= 4 is 11.6 Å². The van der Waals surface area contributed by atoms with Gasteiger partial charge in [-0.2, -0.15) is 0 Å². The summed E-state index contributed by atoms with van der Waals surface area (Å²) in [7, 11) is 0. The molecular weight excluding hydrogens is 218 g/mol. The molecule has 0 heterocycles. The third-order valence-electron chi connectivity index (χ3n) is 2.45. The Morgan fingerprint density at radius 3 is 2.40 bits per heavy atom. The summed E-state index contributed by atoms with van der Waals surface area (Å²) in [5.41, 5.74) is 0.178. The van der Waals surface area contributed by atoms with Crippen molar-refractivity contribution in [1.29, 1.82) is 0 Å². The summed E-state index contributed by atoms with van der Waals surface area (Å²) in [6.07, 6.45) is 2.83. The van der Waals surface area contributed by atoms with Crippen molar-refractivity contribution in [1.82, 2.24) is 0 Å². The summed E-state index contributed by atoms with van der Waals surface area (Å²) in [6, 6.07) is 3.96. The molecule has 0 nitrogen and oxygen atoms in total. The first-order chi connectivity index (χ1) is 7.15. The molecule has 0 saturated carbocycles. The second-order valence-electron chi connectivity index (χ2n) is 3.60. The molecular formula is C12H15ClF2. The minimum Gasteiger partial charge on any atom is -0.207 e. The lowest BCUT2D eigenvalue weighted by atomic mass is 10.1. The number of hydrogen-bond acceptors (Lipinski definition) is 0. The molecule has 0 bridgehead atoms. The summed E-state index contributed by atoms with van der Waals surface area (Å²) in [6.45, 7) is 2.00. The van der Waals surface area contributed by atoms with E-state index in [0.717, 1.165) is 19.3 Å². The Balaban J connectivity index is 2.50. The SMILES string of the molecule is CCC(Cl)CCCc1c(F)cccc1F. The second-order valence-corrected chi connectivity index (χ2v) is 4.22. The molecule has 0 aliphatic carbocycles. The highest BCUT2D eigenvalue weighted by atomic mass is 35.5. The molecule has 84 valence electrons. The zero-order chi connectivity index (χ0) is 11.3. The number of hydrogen-bond donors (Lipinski definition) is 0. The van der Waals surface area contributed by atoms with Gasteiger partial charge in [-0.3, -0.25) is 0 Å². The van der Waals surface area contributed by atoms with Gasteiger partial charge in [-0.25, -0.2) is 8.78 Å². The summed E-state index contributed by atoms with van der Waals surface area (Å²) < 4.78 is 26.4. The third-order valence-corrected chi connectivity index (χ3v) is 2.98. The van der Waals surface area contributed by atoms with E-state index in [1.54, 1.807) is 0 Å². The maximum atomic E-state index is 13.2. The van der Waals surface area contributed by atoms with E-state index in [-0.39, 0.29) is 10.9 Å². The van der Waals surface area contributed by atoms with Crippen LogP contribution in [0.25, 0.3) is 0 Å². The van der Waals surface area contributed by atoms with Crippen LogP contribution in [0.2, 0.25) is 0 Å². The molecule has 0 saturated heterocycles. The van der Waals surface area contributed by atoms with E-state index in [1.165, 1.54) is 18.2 Å². The van der Waals surface area contributed by atoms with Crippen molar-refractivity contribution in [3.05, 3.63) is 35.4 Å². The average Bonchev–Trinajstić information content (AvgIpc) is 2.22. The van der Waals surface area contributed by atoms with Crippen LogP contribution in [-0.2, 0) is 6.42 Å². The molecule has 1 aromatic rings. The van der Waals surface area contributed by atoms with Crippen molar-refractivity contribution in [2.24, 2.45) is 0 Å². The fourth-order valence-corrected chi connectivity index (χ4v) is 1.63. The van der Waals surface area contributed by atoms with Gasteiger partial charge in [0, 0.05) is 10.9 Å². The summed E-state index contributed by atoms with van der Waals surface area (Å²) in [5, 5.41) is 0.111. The Morgan fingerprint density at radius 2 is 1.87 bits per heavy atom. The van der Waals surface area contributed by atoms with Gasteiger partial charge in [0.15, 0.2) is 0 Å². The Labute approximate surface area is 94.3 Å². The van der Waals surface area contributed by atoms with E-state index in [9.17, 15) is 8.78 Å². The average molecular weight is 233 g/mol. The summed E-state index contributed by atoms with van der Waals surface area (Å²) in [4.78, 5) is 0. The molecule has 0 aromatic heterocycles. The summed E-state index contributed by atoms with van der Waals surface area (Å²) in [5.74, 6) is -0.921. The Kier molecular flexibility index (Phi) is 5.03. The van der Waals surface area contributed by atoms with Crippen LogP contribution in [0.4, 0.5) is 8.78 Å². The third kappa shape index (κ3) is 3.78. The normalized spacial score (nSPS) is 12.8. The van der Waals surface area contributed by atoms with Crippen molar-refractivity contribution in [2.45, 2.75) is 38.0 Å². The van der Waals surface area contributed by atoms with Gasteiger partial charge in [0.1, 0.15) is 11.6 Å². The molecule has 1 atom stereocenters. The first kappa shape index (κ1) is 12.4. The van der Waals surface area contributed by atoms with Gasteiger partial charge in [0.25, 0.3) is 0 Å². The van der Waals surface area contributed by atoms with Gasteiger partial charge in [0.2, 0.25) is 0 Å². The Morgan fingerprint density at radius 1 is 1.27 bits per heavy atom. The van der Waals surface area contributed by atoms with Crippen LogP contribution in [0.3, 0.4) is 0 Å². The summed E-state index contributed by atoms with van der Waals surface area (Å²) >= 11 is 5.92. The lowest BCUT2D eigenvalue weighted by molar-refractivity contribution is 0.544. The van der Waals surface area contributed by atoms with Crippen LogP contribution in [-0.4, -0.2) is 5.38 Å². The van der Waals surface area contributed by atoms with Crippen molar-refractivity contribution in [3.63, 3.8) is 0 Å². The van der Waals surface area contributed by atoms with E-state index >= 15 is 0 Å². The molecule has 1 aromatic carbocycles. The van der Waals surface area contributed by atoms with Crippen LogP contribution < -0.4 is 0 Å². The first-order valence-corrected chi connectivity index (χ1v) is 5.65. The molecule has 0 aliphatic heterocycles.